The molecule has 31 heavy (non-hydrogen) atoms. The number of hydrogen-bond donors (Lipinski definition) is 0. The minimum Gasteiger partial charge on any atom is -0.444 e. The second-order valence-corrected chi connectivity index (χ2v) is 9.22. The van der Waals surface area contributed by atoms with Crippen LogP contribution in [0, 0.1) is 5.82 Å². The molecule has 2 aromatic carbocycles. The van der Waals surface area contributed by atoms with Crippen molar-refractivity contribution in [2.45, 2.75) is 17.7 Å². The van der Waals surface area contributed by atoms with E-state index in [-0.39, 0.29) is 30.3 Å². The zero-order chi connectivity index (χ0) is 21.8. The van der Waals surface area contributed by atoms with Crippen molar-refractivity contribution >= 4 is 15.9 Å². The molecule has 1 aliphatic heterocycles. The summed E-state index contributed by atoms with van der Waals surface area (Å²) in [5.41, 5.74) is 1.36. The van der Waals surface area contributed by atoms with Crippen molar-refractivity contribution < 1.29 is 22.0 Å². The van der Waals surface area contributed by atoms with Gasteiger partial charge in [0.2, 0.25) is 21.8 Å². The van der Waals surface area contributed by atoms with Crippen LogP contribution < -0.4 is 0 Å². The Hall–Kier alpha value is -3.04. The van der Waals surface area contributed by atoms with E-state index in [0.717, 1.165) is 17.7 Å². The summed E-state index contributed by atoms with van der Waals surface area (Å²) in [6.07, 6.45) is 2.07. The second-order valence-electron chi connectivity index (χ2n) is 7.28. The molecule has 0 spiro atoms. The molecule has 0 atom stereocenters. The molecular formula is C22H22FN3O4S. The fraction of sp³-hybridized carbons (Fsp3) is 0.273. The van der Waals surface area contributed by atoms with Crippen molar-refractivity contribution in [1.82, 2.24) is 14.2 Å². The Labute approximate surface area is 180 Å². The molecule has 1 fully saturated rings. The van der Waals surface area contributed by atoms with E-state index in [9.17, 15) is 17.6 Å². The zero-order valence-electron chi connectivity index (χ0n) is 16.8. The van der Waals surface area contributed by atoms with Crippen molar-refractivity contribution in [1.29, 1.82) is 0 Å². The maximum absolute atomic E-state index is 13.1. The maximum Gasteiger partial charge on any atom is 0.243 e. The molecule has 3 aromatic rings. The van der Waals surface area contributed by atoms with Gasteiger partial charge >= 0.3 is 0 Å². The number of hydrogen-bond acceptors (Lipinski definition) is 5. The van der Waals surface area contributed by atoms with E-state index in [4.69, 9.17) is 4.42 Å². The topological polar surface area (TPSA) is 83.7 Å². The first-order valence-electron chi connectivity index (χ1n) is 9.97. The van der Waals surface area contributed by atoms with E-state index in [2.05, 4.69) is 4.98 Å². The first-order chi connectivity index (χ1) is 14.9. The number of carbonyl (C=O) groups excluding carboxylic acids is 1. The first-order valence-corrected chi connectivity index (χ1v) is 11.4. The predicted molar refractivity (Wildman–Crippen MR) is 112 cm³/mol. The molecule has 2 heterocycles. The Morgan fingerprint density at radius 2 is 1.74 bits per heavy atom. The molecule has 0 N–H and O–H groups in total. The molecule has 1 saturated heterocycles. The minimum absolute atomic E-state index is 0.0460. The predicted octanol–water partition coefficient (Wildman–Crippen LogP) is 2.95. The molecule has 0 aliphatic carbocycles. The summed E-state index contributed by atoms with van der Waals surface area (Å²) in [6, 6.07) is 14.2. The lowest BCUT2D eigenvalue weighted by Crippen LogP contribution is -2.38. The quantitative estimate of drug-likeness (QED) is 0.605. The molecule has 0 saturated carbocycles. The van der Waals surface area contributed by atoms with E-state index in [1.165, 1.54) is 22.7 Å². The summed E-state index contributed by atoms with van der Waals surface area (Å²) in [5, 5.41) is 0. The van der Waals surface area contributed by atoms with E-state index in [1.807, 2.05) is 30.3 Å². The van der Waals surface area contributed by atoms with Gasteiger partial charge in [0.15, 0.2) is 0 Å². The van der Waals surface area contributed by atoms with Crippen molar-refractivity contribution in [3.8, 4) is 11.5 Å². The van der Waals surface area contributed by atoms with E-state index >= 15 is 0 Å². The third-order valence-electron chi connectivity index (χ3n) is 5.16. The van der Waals surface area contributed by atoms with Crippen molar-refractivity contribution in [2.75, 3.05) is 26.2 Å². The van der Waals surface area contributed by atoms with E-state index in [1.54, 1.807) is 4.90 Å². The number of halogens is 1. The normalized spacial score (nSPS) is 15.6. The van der Waals surface area contributed by atoms with Gasteiger partial charge in [-0.05, 0) is 42.8 Å². The number of benzene rings is 2. The van der Waals surface area contributed by atoms with Crippen molar-refractivity contribution in [2.24, 2.45) is 0 Å². The highest BCUT2D eigenvalue weighted by Gasteiger charge is 2.28. The van der Waals surface area contributed by atoms with Crippen LogP contribution in [0.2, 0.25) is 0 Å². The van der Waals surface area contributed by atoms with Crippen LogP contribution in [-0.2, 0) is 21.2 Å². The highest BCUT2D eigenvalue weighted by Crippen LogP contribution is 2.20. The molecule has 162 valence electrons. The number of oxazole rings is 1. The summed E-state index contributed by atoms with van der Waals surface area (Å²) in [5.74, 6) is -0.167. The fourth-order valence-electron chi connectivity index (χ4n) is 3.51. The van der Waals surface area contributed by atoms with Crippen LogP contribution >= 0.6 is 0 Å². The highest BCUT2D eigenvalue weighted by atomic mass is 32.2. The lowest BCUT2D eigenvalue weighted by atomic mass is 10.2. The van der Waals surface area contributed by atoms with Gasteiger partial charge in [0.1, 0.15) is 12.1 Å². The minimum atomic E-state index is -3.74. The van der Waals surface area contributed by atoms with Crippen molar-refractivity contribution in [3.05, 3.63) is 72.4 Å². The average Bonchev–Trinajstić information content (AvgIpc) is 3.08. The monoisotopic (exact) mass is 443 g/mol. The summed E-state index contributed by atoms with van der Waals surface area (Å²) in [4.78, 5) is 18.8. The molecule has 4 rings (SSSR count). The Morgan fingerprint density at radius 1 is 1.00 bits per heavy atom. The largest absolute Gasteiger partial charge is 0.444 e. The average molecular weight is 444 g/mol. The van der Waals surface area contributed by atoms with Gasteiger partial charge in [-0.2, -0.15) is 4.31 Å². The Kier molecular flexibility index (Phi) is 6.15. The maximum atomic E-state index is 13.1. The van der Waals surface area contributed by atoms with Gasteiger partial charge in [-0.15, -0.1) is 0 Å². The summed E-state index contributed by atoms with van der Waals surface area (Å²) < 4.78 is 45.6. The molecule has 0 radical (unpaired) electrons. The summed E-state index contributed by atoms with van der Waals surface area (Å²) >= 11 is 0. The molecule has 9 heteroatoms. The Morgan fingerprint density at radius 3 is 2.48 bits per heavy atom. The smallest absolute Gasteiger partial charge is 0.243 e. The van der Waals surface area contributed by atoms with Crippen LogP contribution in [0.5, 0.6) is 0 Å². The lowest BCUT2D eigenvalue weighted by molar-refractivity contribution is -0.130. The lowest BCUT2D eigenvalue weighted by Gasteiger charge is -2.21. The van der Waals surface area contributed by atoms with Gasteiger partial charge < -0.3 is 9.32 Å². The summed E-state index contributed by atoms with van der Waals surface area (Å²) in [7, 11) is -3.74. The molecule has 0 unspecified atom stereocenters. The molecule has 1 aromatic heterocycles. The third kappa shape index (κ3) is 4.83. The van der Waals surface area contributed by atoms with E-state index in [0.29, 0.717) is 31.1 Å². The Bertz CT molecular complexity index is 1150. The number of nitrogens with zero attached hydrogens (tertiary/aromatic N) is 3. The molecule has 7 nitrogen and oxygen atoms in total. The second kappa shape index (κ2) is 8.99. The third-order valence-corrected chi connectivity index (χ3v) is 7.08. The van der Waals surface area contributed by atoms with Gasteiger partial charge in [0.25, 0.3) is 0 Å². The number of sulfonamides is 1. The number of aromatic nitrogens is 1. The molecular weight excluding hydrogens is 421 g/mol. The fourth-order valence-corrected chi connectivity index (χ4v) is 4.98. The first kappa shape index (κ1) is 21.2. The van der Waals surface area contributed by atoms with Crippen LogP contribution in [0.1, 0.15) is 12.1 Å². The van der Waals surface area contributed by atoms with Crippen molar-refractivity contribution in [3.63, 3.8) is 0 Å². The van der Waals surface area contributed by atoms with Gasteiger partial charge in [-0.1, -0.05) is 18.2 Å². The van der Waals surface area contributed by atoms with Crippen LogP contribution in [0.25, 0.3) is 11.5 Å². The van der Waals surface area contributed by atoms with Crippen LogP contribution in [-0.4, -0.2) is 54.7 Å². The van der Waals surface area contributed by atoms with E-state index < -0.39 is 15.8 Å². The zero-order valence-corrected chi connectivity index (χ0v) is 17.6. The summed E-state index contributed by atoms with van der Waals surface area (Å²) in [6.45, 7) is 1.21. The number of amides is 1. The number of carbonyl (C=O) groups is 1. The standard InChI is InChI=1S/C22H22FN3O4S/c23-18-7-9-20(10-8-18)31(28,29)26-12-4-11-25(13-14-26)21(27)15-19-16-30-22(24-19)17-5-2-1-3-6-17/h1-3,5-10,16H,4,11-15H2. The van der Waals surface area contributed by atoms with Gasteiger partial charge in [-0.3, -0.25) is 4.79 Å². The Balaban J connectivity index is 1.39. The number of rotatable bonds is 5. The SMILES string of the molecule is O=C(Cc1coc(-c2ccccc2)n1)N1CCCN(S(=O)(=O)c2ccc(F)cc2)CC1. The highest BCUT2D eigenvalue weighted by molar-refractivity contribution is 7.89. The van der Waals surface area contributed by atoms with Crippen LogP contribution in [0.4, 0.5) is 4.39 Å². The molecule has 1 aliphatic rings. The van der Waals surface area contributed by atoms with Crippen LogP contribution in [0.15, 0.2) is 70.2 Å². The van der Waals surface area contributed by atoms with Gasteiger partial charge in [0.05, 0.1) is 17.0 Å². The van der Waals surface area contributed by atoms with Gasteiger partial charge in [-0.25, -0.2) is 17.8 Å². The molecule has 0 bridgehead atoms. The van der Waals surface area contributed by atoms with Crippen LogP contribution in [0.3, 0.4) is 0 Å². The van der Waals surface area contributed by atoms with Gasteiger partial charge in [0, 0.05) is 31.7 Å². The molecule has 1 amide bonds.